The second kappa shape index (κ2) is 6.94. The number of carboxylic acids is 1. The smallest absolute Gasteiger partial charge is 0.335 e. The van der Waals surface area contributed by atoms with Crippen molar-refractivity contribution in [1.29, 1.82) is 0 Å². The maximum atomic E-state index is 14.6. The van der Waals surface area contributed by atoms with E-state index in [0.29, 0.717) is 5.69 Å². The van der Waals surface area contributed by atoms with Gasteiger partial charge in [-0.1, -0.05) is 12.1 Å². The molecule has 3 aromatic rings. The van der Waals surface area contributed by atoms with Crippen molar-refractivity contribution in [3.05, 3.63) is 94.8 Å². The first-order valence-electron chi connectivity index (χ1n) is 8.51. The molecule has 3 aromatic carbocycles. The third kappa shape index (κ3) is 3.06. The summed E-state index contributed by atoms with van der Waals surface area (Å²) in [6.07, 6.45) is 0.987. The van der Waals surface area contributed by atoms with Gasteiger partial charge in [0.05, 0.1) is 16.8 Å². The zero-order valence-corrected chi connectivity index (χ0v) is 14.7. The molecule has 1 heterocycles. The highest BCUT2D eigenvalue weighted by Gasteiger charge is 2.36. The van der Waals surface area contributed by atoms with Crippen molar-refractivity contribution >= 4 is 34.9 Å². The molecular formula is C22H12F3NO3. The molecule has 29 heavy (non-hydrogen) atoms. The summed E-state index contributed by atoms with van der Waals surface area (Å²) in [4.78, 5) is 25.3. The van der Waals surface area contributed by atoms with E-state index in [1.165, 1.54) is 47.4 Å². The molecule has 0 atom stereocenters. The highest BCUT2D eigenvalue weighted by Crippen LogP contribution is 2.43. The van der Waals surface area contributed by atoms with Gasteiger partial charge in [-0.25, -0.2) is 18.0 Å². The van der Waals surface area contributed by atoms with E-state index in [-0.39, 0.29) is 22.4 Å². The Labute approximate surface area is 163 Å². The molecule has 4 rings (SSSR count). The molecule has 0 saturated carbocycles. The van der Waals surface area contributed by atoms with Crippen LogP contribution < -0.4 is 4.90 Å². The number of benzene rings is 3. The first-order valence-corrected chi connectivity index (χ1v) is 8.51. The quantitative estimate of drug-likeness (QED) is 0.634. The Morgan fingerprint density at radius 3 is 2.07 bits per heavy atom. The zero-order valence-electron chi connectivity index (χ0n) is 14.7. The van der Waals surface area contributed by atoms with E-state index < -0.39 is 34.9 Å². The molecule has 144 valence electrons. The van der Waals surface area contributed by atoms with Crippen LogP contribution in [0.2, 0.25) is 0 Å². The predicted octanol–water partition coefficient (Wildman–Crippen LogP) is 5.02. The SMILES string of the molecule is O=C(O)c1ccc(N2C(=O)/C(=C/c3c(F)cccc3F)c3c(F)cccc32)cc1. The van der Waals surface area contributed by atoms with Crippen molar-refractivity contribution in [1.82, 2.24) is 0 Å². The van der Waals surface area contributed by atoms with E-state index in [0.717, 1.165) is 24.3 Å². The number of amides is 1. The van der Waals surface area contributed by atoms with Crippen LogP contribution in [0.1, 0.15) is 21.5 Å². The number of hydrogen-bond donors (Lipinski definition) is 1. The lowest BCUT2D eigenvalue weighted by molar-refractivity contribution is -0.112. The molecule has 0 unspecified atom stereocenters. The summed E-state index contributed by atoms with van der Waals surface area (Å²) < 4.78 is 42.8. The van der Waals surface area contributed by atoms with Gasteiger partial charge in [-0.3, -0.25) is 9.69 Å². The largest absolute Gasteiger partial charge is 0.478 e. The van der Waals surface area contributed by atoms with Gasteiger partial charge in [0.2, 0.25) is 0 Å². The van der Waals surface area contributed by atoms with E-state index in [2.05, 4.69) is 0 Å². The van der Waals surface area contributed by atoms with Crippen molar-refractivity contribution < 1.29 is 27.9 Å². The molecule has 1 aliphatic rings. The minimum absolute atomic E-state index is 0.0176. The molecule has 1 N–H and O–H groups in total. The third-order valence-corrected chi connectivity index (χ3v) is 4.60. The molecule has 0 saturated heterocycles. The van der Waals surface area contributed by atoms with Crippen molar-refractivity contribution in [2.24, 2.45) is 0 Å². The molecule has 1 aliphatic heterocycles. The van der Waals surface area contributed by atoms with Gasteiger partial charge in [-0.15, -0.1) is 0 Å². The number of nitrogens with zero attached hydrogens (tertiary/aromatic N) is 1. The van der Waals surface area contributed by atoms with Crippen LogP contribution >= 0.6 is 0 Å². The van der Waals surface area contributed by atoms with Crippen molar-refractivity contribution in [2.45, 2.75) is 0 Å². The molecule has 0 spiro atoms. The monoisotopic (exact) mass is 395 g/mol. The molecule has 7 heteroatoms. The average Bonchev–Trinajstić information content (AvgIpc) is 2.97. The van der Waals surface area contributed by atoms with Crippen LogP contribution in [0.25, 0.3) is 11.6 Å². The summed E-state index contributed by atoms with van der Waals surface area (Å²) in [5.41, 5.74) is -0.227. The van der Waals surface area contributed by atoms with Gasteiger partial charge in [-0.2, -0.15) is 0 Å². The summed E-state index contributed by atoms with van der Waals surface area (Å²) in [5, 5.41) is 9.04. The lowest BCUT2D eigenvalue weighted by Gasteiger charge is -2.17. The lowest BCUT2D eigenvalue weighted by atomic mass is 10.0. The summed E-state index contributed by atoms with van der Waals surface area (Å²) in [5.74, 6) is -4.30. The Bertz CT molecular complexity index is 1170. The van der Waals surface area contributed by atoms with Gasteiger partial charge < -0.3 is 5.11 Å². The molecule has 0 aromatic heterocycles. The number of fused-ring (bicyclic) bond motifs is 1. The fourth-order valence-corrected chi connectivity index (χ4v) is 3.24. The van der Waals surface area contributed by atoms with Gasteiger partial charge in [0, 0.05) is 16.8 Å². The molecule has 1 amide bonds. The average molecular weight is 395 g/mol. The Morgan fingerprint density at radius 2 is 1.45 bits per heavy atom. The topological polar surface area (TPSA) is 57.6 Å². The van der Waals surface area contributed by atoms with Crippen LogP contribution in [0.15, 0.2) is 60.7 Å². The number of aromatic carboxylic acids is 1. The van der Waals surface area contributed by atoms with E-state index >= 15 is 0 Å². The number of carboxylic acid groups (broad SMARTS) is 1. The first-order chi connectivity index (χ1) is 13.9. The normalized spacial score (nSPS) is 14.4. The first kappa shape index (κ1) is 18.5. The van der Waals surface area contributed by atoms with Gasteiger partial charge in [0.1, 0.15) is 17.5 Å². The minimum Gasteiger partial charge on any atom is -0.478 e. The fourth-order valence-electron chi connectivity index (χ4n) is 3.24. The predicted molar refractivity (Wildman–Crippen MR) is 101 cm³/mol. The van der Waals surface area contributed by atoms with E-state index in [9.17, 15) is 22.8 Å². The van der Waals surface area contributed by atoms with Crippen LogP contribution in [0.5, 0.6) is 0 Å². The lowest BCUT2D eigenvalue weighted by Crippen LogP contribution is -2.20. The van der Waals surface area contributed by atoms with Crippen molar-refractivity contribution in [3.8, 4) is 0 Å². The van der Waals surface area contributed by atoms with E-state index in [1.807, 2.05) is 0 Å². The molecule has 0 bridgehead atoms. The summed E-state index contributed by atoms with van der Waals surface area (Å²) >= 11 is 0. The zero-order chi connectivity index (χ0) is 20.7. The maximum Gasteiger partial charge on any atom is 0.335 e. The summed E-state index contributed by atoms with van der Waals surface area (Å²) in [7, 11) is 0. The number of anilines is 2. The summed E-state index contributed by atoms with van der Waals surface area (Å²) in [6.45, 7) is 0. The Balaban J connectivity index is 1.89. The molecule has 4 nitrogen and oxygen atoms in total. The van der Waals surface area contributed by atoms with Crippen molar-refractivity contribution in [3.63, 3.8) is 0 Å². The van der Waals surface area contributed by atoms with Crippen LogP contribution in [0.3, 0.4) is 0 Å². The number of rotatable bonds is 3. The van der Waals surface area contributed by atoms with Gasteiger partial charge in [-0.05, 0) is 54.6 Å². The van der Waals surface area contributed by atoms with Crippen LogP contribution in [-0.2, 0) is 4.79 Å². The van der Waals surface area contributed by atoms with Gasteiger partial charge in [0.25, 0.3) is 5.91 Å². The molecule has 0 aliphatic carbocycles. The molecular weight excluding hydrogens is 383 g/mol. The maximum absolute atomic E-state index is 14.6. The standard InChI is InChI=1S/C22H12F3NO3/c23-16-3-1-4-17(24)14(16)11-15-20-18(25)5-2-6-19(20)26(21(15)27)13-9-7-12(8-10-13)22(28)29/h1-11H,(H,28,29)/b15-11+. The van der Waals surface area contributed by atoms with Crippen molar-refractivity contribution in [2.75, 3.05) is 4.90 Å². The highest BCUT2D eigenvalue weighted by molar-refractivity contribution is 6.38. The number of halogens is 3. The summed E-state index contributed by atoms with van der Waals surface area (Å²) in [6, 6.07) is 12.8. The van der Waals surface area contributed by atoms with E-state index in [4.69, 9.17) is 5.11 Å². The third-order valence-electron chi connectivity index (χ3n) is 4.60. The Morgan fingerprint density at radius 1 is 0.862 bits per heavy atom. The second-order valence-electron chi connectivity index (χ2n) is 6.32. The second-order valence-corrected chi connectivity index (χ2v) is 6.32. The van der Waals surface area contributed by atoms with E-state index in [1.54, 1.807) is 0 Å². The number of hydrogen-bond acceptors (Lipinski definition) is 2. The van der Waals surface area contributed by atoms with Gasteiger partial charge >= 0.3 is 5.97 Å². The molecule has 0 fully saturated rings. The van der Waals surface area contributed by atoms with Crippen LogP contribution in [-0.4, -0.2) is 17.0 Å². The number of carbonyl (C=O) groups is 2. The van der Waals surface area contributed by atoms with Crippen LogP contribution in [0.4, 0.5) is 24.5 Å². The van der Waals surface area contributed by atoms with Gasteiger partial charge in [0.15, 0.2) is 0 Å². The Hall–Kier alpha value is -3.87. The fraction of sp³-hybridized carbons (Fsp3) is 0. The van der Waals surface area contributed by atoms with Crippen LogP contribution in [0, 0.1) is 17.5 Å². The Kier molecular flexibility index (Phi) is 4.43. The number of carbonyl (C=O) groups excluding carboxylic acids is 1. The minimum atomic E-state index is -1.13. The highest BCUT2D eigenvalue weighted by atomic mass is 19.1. The molecule has 0 radical (unpaired) electrons.